The molecule has 4 nitrogen and oxygen atoms in total. The number of halogens is 1. The Kier molecular flexibility index (Phi) is 5.28. The summed E-state index contributed by atoms with van der Waals surface area (Å²) < 4.78 is 42.7. The number of aliphatic hydroxyl groups excluding tert-OH is 1. The van der Waals surface area contributed by atoms with Gasteiger partial charge in [-0.1, -0.05) is 48.0 Å². The van der Waals surface area contributed by atoms with Crippen molar-refractivity contribution in [2.45, 2.75) is 24.1 Å². The number of benzene rings is 2. The Morgan fingerprint density at radius 2 is 1.68 bits per heavy atom. The fraction of sp³-hybridized carbons (Fsp3) is 0.250. The van der Waals surface area contributed by atoms with Crippen LogP contribution >= 0.6 is 0 Å². The summed E-state index contributed by atoms with van der Waals surface area (Å²) in [7, 11) is -4.01. The molecule has 0 unspecified atom stereocenters. The maximum Gasteiger partial charge on any atom is 0.297 e. The summed E-state index contributed by atoms with van der Waals surface area (Å²) in [5, 5.41) is 9.76. The summed E-state index contributed by atoms with van der Waals surface area (Å²) in [4.78, 5) is -0.0274. The second-order valence-corrected chi connectivity index (χ2v) is 6.55. The quantitative estimate of drug-likeness (QED) is 0.830. The van der Waals surface area contributed by atoms with Gasteiger partial charge in [-0.25, -0.2) is 4.39 Å². The first-order valence-corrected chi connectivity index (χ1v) is 8.14. The fourth-order valence-corrected chi connectivity index (χ4v) is 2.80. The zero-order chi connectivity index (χ0) is 16.2. The van der Waals surface area contributed by atoms with Crippen LogP contribution < -0.4 is 0 Å². The molecule has 0 heterocycles. The maximum atomic E-state index is 14.0. The Morgan fingerprint density at radius 1 is 1.09 bits per heavy atom. The lowest BCUT2D eigenvalue weighted by Crippen LogP contribution is -2.23. The van der Waals surface area contributed by atoms with Gasteiger partial charge < -0.3 is 5.11 Å². The molecule has 0 aromatic heterocycles. The minimum absolute atomic E-state index is 0.0274. The van der Waals surface area contributed by atoms with Gasteiger partial charge in [0, 0.05) is 0 Å². The topological polar surface area (TPSA) is 63.6 Å². The van der Waals surface area contributed by atoms with Crippen molar-refractivity contribution in [3.8, 4) is 0 Å². The highest BCUT2D eigenvalue weighted by Crippen LogP contribution is 2.22. The number of hydrogen-bond donors (Lipinski definition) is 1. The standard InChI is InChI=1S/C16H17FO4S/c1-12-7-9-14(10-8-12)22(19,20)21-11-15(18)16(17)13-5-3-2-4-6-13/h2-10,15-16,18H,11H2,1H3/t15-,16-/m1/s1. The van der Waals surface area contributed by atoms with E-state index in [9.17, 15) is 17.9 Å². The van der Waals surface area contributed by atoms with Crippen molar-refractivity contribution in [3.05, 3.63) is 65.7 Å². The van der Waals surface area contributed by atoms with E-state index >= 15 is 0 Å². The molecule has 0 aliphatic rings. The van der Waals surface area contributed by atoms with Crippen molar-refractivity contribution < 1.29 is 22.1 Å². The van der Waals surface area contributed by atoms with E-state index in [1.165, 1.54) is 24.3 Å². The van der Waals surface area contributed by atoms with Crippen LogP contribution in [-0.4, -0.2) is 26.2 Å². The van der Waals surface area contributed by atoms with E-state index in [1.54, 1.807) is 30.3 Å². The van der Waals surface area contributed by atoms with Crippen molar-refractivity contribution in [1.82, 2.24) is 0 Å². The van der Waals surface area contributed by atoms with Gasteiger partial charge in [-0.3, -0.25) is 4.18 Å². The molecule has 0 bridgehead atoms. The lowest BCUT2D eigenvalue weighted by atomic mass is 10.1. The van der Waals surface area contributed by atoms with Crippen molar-refractivity contribution in [2.75, 3.05) is 6.61 Å². The molecule has 2 rings (SSSR count). The molecule has 0 aliphatic carbocycles. The van der Waals surface area contributed by atoms with Gasteiger partial charge in [0.2, 0.25) is 0 Å². The Morgan fingerprint density at radius 3 is 2.27 bits per heavy atom. The van der Waals surface area contributed by atoms with E-state index in [2.05, 4.69) is 0 Å². The first-order valence-electron chi connectivity index (χ1n) is 6.73. The van der Waals surface area contributed by atoms with Crippen LogP contribution in [0, 0.1) is 6.92 Å². The van der Waals surface area contributed by atoms with Crippen molar-refractivity contribution in [1.29, 1.82) is 0 Å². The van der Waals surface area contributed by atoms with Gasteiger partial charge in [0.25, 0.3) is 10.1 Å². The number of aryl methyl sites for hydroxylation is 1. The lowest BCUT2D eigenvalue weighted by molar-refractivity contribution is 0.0384. The van der Waals surface area contributed by atoms with E-state index in [0.717, 1.165) is 5.56 Å². The molecule has 2 aromatic rings. The van der Waals surface area contributed by atoms with Crippen LogP contribution in [0.4, 0.5) is 4.39 Å². The van der Waals surface area contributed by atoms with E-state index < -0.39 is 29.0 Å². The average Bonchev–Trinajstić information content (AvgIpc) is 2.53. The van der Waals surface area contributed by atoms with Crippen LogP contribution in [0.15, 0.2) is 59.5 Å². The predicted molar refractivity (Wildman–Crippen MR) is 80.6 cm³/mol. The third kappa shape index (κ3) is 4.13. The van der Waals surface area contributed by atoms with Crippen LogP contribution in [0.5, 0.6) is 0 Å². The highest BCUT2D eigenvalue weighted by molar-refractivity contribution is 7.86. The number of rotatable bonds is 6. The summed E-state index contributed by atoms with van der Waals surface area (Å²) in [5.74, 6) is 0. The molecule has 0 saturated heterocycles. The summed E-state index contributed by atoms with van der Waals surface area (Å²) in [5.41, 5.74) is 1.18. The van der Waals surface area contributed by atoms with Crippen molar-refractivity contribution >= 4 is 10.1 Å². The first kappa shape index (κ1) is 16.6. The molecular formula is C16H17FO4S. The normalized spacial score (nSPS) is 14.5. The zero-order valence-corrected chi connectivity index (χ0v) is 12.8. The van der Waals surface area contributed by atoms with Crippen LogP contribution in [0.25, 0.3) is 0 Å². The molecule has 2 atom stereocenters. The highest BCUT2D eigenvalue weighted by atomic mass is 32.2. The van der Waals surface area contributed by atoms with Crippen LogP contribution in [0.1, 0.15) is 17.3 Å². The molecular weight excluding hydrogens is 307 g/mol. The lowest BCUT2D eigenvalue weighted by Gasteiger charge is -2.16. The van der Waals surface area contributed by atoms with Gasteiger partial charge >= 0.3 is 0 Å². The Balaban J connectivity index is 2.01. The van der Waals surface area contributed by atoms with E-state index in [-0.39, 0.29) is 10.5 Å². The third-order valence-electron chi connectivity index (χ3n) is 3.16. The van der Waals surface area contributed by atoms with Gasteiger partial charge in [0.15, 0.2) is 6.17 Å². The minimum Gasteiger partial charge on any atom is -0.387 e. The van der Waals surface area contributed by atoms with Crippen LogP contribution in [-0.2, 0) is 14.3 Å². The SMILES string of the molecule is Cc1ccc(S(=O)(=O)OC[C@@H](O)[C@H](F)c2ccccc2)cc1. The smallest absolute Gasteiger partial charge is 0.297 e. The molecule has 1 N–H and O–H groups in total. The third-order valence-corrected chi connectivity index (χ3v) is 4.46. The molecule has 0 saturated carbocycles. The predicted octanol–water partition coefficient (Wildman–Crippen LogP) is 2.77. The van der Waals surface area contributed by atoms with Gasteiger partial charge in [-0.15, -0.1) is 0 Å². The van der Waals surface area contributed by atoms with Gasteiger partial charge in [0.05, 0.1) is 11.5 Å². The fourth-order valence-electron chi connectivity index (χ4n) is 1.88. The van der Waals surface area contributed by atoms with E-state index in [0.29, 0.717) is 0 Å². The first-order chi connectivity index (χ1) is 10.4. The molecule has 2 aromatic carbocycles. The molecule has 0 amide bonds. The second kappa shape index (κ2) is 7.00. The monoisotopic (exact) mass is 324 g/mol. The number of aliphatic hydroxyl groups is 1. The Labute approximate surface area is 129 Å². The minimum atomic E-state index is -4.01. The molecule has 6 heteroatoms. The molecule has 22 heavy (non-hydrogen) atoms. The maximum absolute atomic E-state index is 14.0. The molecule has 118 valence electrons. The Bertz CT molecular complexity index is 699. The summed E-state index contributed by atoms with van der Waals surface area (Å²) in [6, 6.07) is 14.1. The Hall–Kier alpha value is -1.76. The molecule has 0 radical (unpaired) electrons. The zero-order valence-electron chi connectivity index (χ0n) is 12.0. The largest absolute Gasteiger partial charge is 0.387 e. The summed E-state index contributed by atoms with van der Waals surface area (Å²) in [6.45, 7) is 1.18. The van der Waals surface area contributed by atoms with Crippen LogP contribution in [0.3, 0.4) is 0 Å². The van der Waals surface area contributed by atoms with Crippen molar-refractivity contribution in [2.24, 2.45) is 0 Å². The van der Waals surface area contributed by atoms with Crippen molar-refractivity contribution in [3.63, 3.8) is 0 Å². The van der Waals surface area contributed by atoms with Gasteiger partial charge in [0.1, 0.15) is 6.10 Å². The highest BCUT2D eigenvalue weighted by Gasteiger charge is 2.24. The summed E-state index contributed by atoms with van der Waals surface area (Å²) in [6.07, 6.45) is -3.28. The number of hydrogen-bond acceptors (Lipinski definition) is 4. The van der Waals surface area contributed by atoms with Gasteiger partial charge in [-0.05, 0) is 24.6 Å². The second-order valence-electron chi connectivity index (χ2n) is 4.93. The summed E-state index contributed by atoms with van der Waals surface area (Å²) >= 11 is 0. The van der Waals surface area contributed by atoms with E-state index in [1.807, 2.05) is 6.92 Å². The van der Waals surface area contributed by atoms with Gasteiger partial charge in [-0.2, -0.15) is 8.42 Å². The molecule has 0 fully saturated rings. The average molecular weight is 324 g/mol. The molecule has 0 spiro atoms. The van der Waals surface area contributed by atoms with E-state index in [4.69, 9.17) is 4.18 Å². The number of alkyl halides is 1. The molecule has 0 aliphatic heterocycles. The van der Waals surface area contributed by atoms with Crippen LogP contribution in [0.2, 0.25) is 0 Å².